The smallest absolute Gasteiger partial charge is 0.113 e. The van der Waals surface area contributed by atoms with E-state index in [2.05, 4.69) is 48.9 Å². The predicted molar refractivity (Wildman–Crippen MR) is 84.3 cm³/mol. The summed E-state index contributed by atoms with van der Waals surface area (Å²) in [5.74, 6) is 1.90. The summed E-state index contributed by atoms with van der Waals surface area (Å²) in [5, 5.41) is 3.45. The van der Waals surface area contributed by atoms with E-state index in [4.69, 9.17) is 4.98 Å². The van der Waals surface area contributed by atoms with Crippen molar-refractivity contribution >= 4 is 11.0 Å². The number of hydrogen-bond acceptors (Lipinski definition) is 2. The van der Waals surface area contributed by atoms with Crippen LogP contribution in [0.3, 0.4) is 0 Å². The van der Waals surface area contributed by atoms with Crippen LogP contribution in [0, 0.1) is 0 Å². The van der Waals surface area contributed by atoms with Crippen molar-refractivity contribution in [1.82, 2.24) is 14.9 Å². The van der Waals surface area contributed by atoms with Gasteiger partial charge in [0, 0.05) is 12.0 Å². The third-order valence-corrected chi connectivity index (χ3v) is 4.41. The monoisotopic (exact) mass is 271 g/mol. The van der Waals surface area contributed by atoms with Gasteiger partial charge >= 0.3 is 0 Å². The molecule has 3 rings (SSSR count). The highest BCUT2D eigenvalue weighted by Gasteiger charge is 2.23. The van der Waals surface area contributed by atoms with E-state index >= 15 is 0 Å². The predicted octanol–water partition coefficient (Wildman–Crippen LogP) is 3.65. The fraction of sp³-hybridized carbons (Fsp3) is 0.588. The zero-order valence-corrected chi connectivity index (χ0v) is 12.8. The molecular weight excluding hydrogens is 246 g/mol. The number of imidazole rings is 1. The molecule has 1 fully saturated rings. The summed E-state index contributed by atoms with van der Waals surface area (Å²) in [6.45, 7) is 8.96. The molecule has 0 spiro atoms. The Morgan fingerprint density at radius 2 is 2.05 bits per heavy atom. The number of piperidine rings is 1. The molecule has 3 nitrogen and oxygen atoms in total. The Kier molecular flexibility index (Phi) is 3.79. The Bertz CT molecular complexity index is 592. The summed E-state index contributed by atoms with van der Waals surface area (Å²) < 4.78 is 2.45. The second kappa shape index (κ2) is 5.57. The lowest BCUT2D eigenvalue weighted by Crippen LogP contribution is -2.28. The molecule has 0 atom stereocenters. The lowest BCUT2D eigenvalue weighted by Gasteiger charge is -2.24. The van der Waals surface area contributed by atoms with Crippen molar-refractivity contribution in [2.24, 2.45) is 0 Å². The van der Waals surface area contributed by atoms with Crippen molar-refractivity contribution in [3.05, 3.63) is 29.6 Å². The number of fused-ring (bicyclic) bond motifs is 1. The average Bonchev–Trinajstić information content (AvgIpc) is 2.86. The lowest BCUT2D eigenvalue weighted by molar-refractivity contribution is 0.423. The lowest BCUT2D eigenvalue weighted by atomic mass is 9.97. The zero-order chi connectivity index (χ0) is 14.1. The zero-order valence-electron chi connectivity index (χ0n) is 12.8. The number of nitrogens with one attached hydrogen (secondary N) is 1. The van der Waals surface area contributed by atoms with Crippen LogP contribution < -0.4 is 5.32 Å². The minimum atomic E-state index is 0.470. The number of aromatic nitrogens is 2. The third-order valence-electron chi connectivity index (χ3n) is 4.41. The first-order chi connectivity index (χ1) is 9.70. The topological polar surface area (TPSA) is 29.9 Å². The molecule has 0 saturated carbocycles. The van der Waals surface area contributed by atoms with E-state index < -0.39 is 0 Å². The van der Waals surface area contributed by atoms with Gasteiger partial charge in [-0.2, -0.15) is 0 Å². The number of nitrogens with zero attached hydrogens (tertiary/aromatic N) is 2. The van der Waals surface area contributed by atoms with E-state index in [0.29, 0.717) is 12.0 Å². The molecule has 1 aromatic carbocycles. The molecule has 108 valence electrons. The van der Waals surface area contributed by atoms with Crippen molar-refractivity contribution in [3.63, 3.8) is 0 Å². The van der Waals surface area contributed by atoms with Gasteiger partial charge in [-0.1, -0.05) is 13.0 Å². The molecule has 0 amide bonds. The molecule has 1 N–H and O–H groups in total. The molecule has 1 aliphatic rings. The van der Waals surface area contributed by atoms with Crippen molar-refractivity contribution < 1.29 is 0 Å². The molecular formula is C17H25N3. The minimum absolute atomic E-state index is 0.470. The number of aryl methyl sites for hydroxylation is 1. The van der Waals surface area contributed by atoms with Crippen molar-refractivity contribution in [3.8, 4) is 0 Å². The molecule has 0 radical (unpaired) electrons. The summed E-state index contributed by atoms with van der Waals surface area (Å²) in [4.78, 5) is 5.00. The van der Waals surface area contributed by atoms with E-state index in [-0.39, 0.29) is 0 Å². The third kappa shape index (κ3) is 2.35. The van der Waals surface area contributed by atoms with Gasteiger partial charge in [0.15, 0.2) is 0 Å². The Morgan fingerprint density at radius 3 is 2.70 bits per heavy atom. The second-order valence-corrected chi connectivity index (χ2v) is 6.13. The van der Waals surface area contributed by atoms with Gasteiger partial charge in [0.25, 0.3) is 0 Å². The maximum absolute atomic E-state index is 5.00. The summed E-state index contributed by atoms with van der Waals surface area (Å²) in [5.41, 5.74) is 3.85. The highest BCUT2D eigenvalue weighted by Crippen LogP contribution is 2.31. The van der Waals surface area contributed by atoms with E-state index in [1.807, 2.05) is 0 Å². The molecule has 3 heteroatoms. The molecule has 0 aliphatic carbocycles. The Labute approximate surface area is 121 Å². The van der Waals surface area contributed by atoms with E-state index in [9.17, 15) is 0 Å². The van der Waals surface area contributed by atoms with Crippen LogP contribution in [0.5, 0.6) is 0 Å². The maximum Gasteiger partial charge on any atom is 0.113 e. The highest BCUT2D eigenvalue weighted by atomic mass is 15.1. The second-order valence-electron chi connectivity index (χ2n) is 6.13. The molecule has 1 saturated heterocycles. The molecule has 0 unspecified atom stereocenters. The summed E-state index contributed by atoms with van der Waals surface area (Å²) >= 11 is 0. The first-order valence-electron chi connectivity index (χ1n) is 7.92. The highest BCUT2D eigenvalue weighted by molar-refractivity contribution is 5.77. The Morgan fingerprint density at radius 1 is 1.30 bits per heavy atom. The van der Waals surface area contributed by atoms with Crippen LogP contribution in [0.25, 0.3) is 11.0 Å². The van der Waals surface area contributed by atoms with Crippen molar-refractivity contribution in [2.45, 2.75) is 52.0 Å². The van der Waals surface area contributed by atoms with Crippen molar-refractivity contribution in [2.75, 3.05) is 13.1 Å². The quantitative estimate of drug-likeness (QED) is 0.923. The van der Waals surface area contributed by atoms with Crippen LogP contribution in [0.4, 0.5) is 0 Å². The Balaban J connectivity index is 2.11. The first-order valence-corrected chi connectivity index (χ1v) is 7.92. The van der Waals surface area contributed by atoms with Crippen molar-refractivity contribution in [1.29, 1.82) is 0 Å². The molecule has 2 heterocycles. The normalized spacial score (nSPS) is 17.2. The summed E-state index contributed by atoms with van der Waals surface area (Å²) in [6.07, 6.45) is 3.49. The van der Waals surface area contributed by atoms with Crippen LogP contribution in [0.15, 0.2) is 18.2 Å². The van der Waals surface area contributed by atoms with Gasteiger partial charge in [-0.3, -0.25) is 0 Å². The SMILES string of the molecule is CCc1ccc2c(c1)nc(C1CCNCC1)n2C(C)C. The van der Waals surface area contributed by atoms with E-state index in [0.717, 1.165) is 19.5 Å². The summed E-state index contributed by atoms with van der Waals surface area (Å²) in [7, 11) is 0. The van der Waals surface area contributed by atoms with E-state index in [1.165, 1.54) is 35.3 Å². The van der Waals surface area contributed by atoms with Gasteiger partial charge < -0.3 is 9.88 Å². The van der Waals surface area contributed by atoms with Gasteiger partial charge in [-0.25, -0.2) is 4.98 Å². The number of hydrogen-bond donors (Lipinski definition) is 1. The molecule has 20 heavy (non-hydrogen) atoms. The summed E-state index contributed by atoms with van der Waals surface area (Å²) in [6, 6.07) is 7.23. The van der Waals surface area contributed by atoms with Gasteiger partial charge in [-0.05, 0) is 63.9 Å². The van der Waals surface area contributed by atoms with Gasteiger partial charge in [0.1, 0.15) is 5.82 Å². The van der Waals surface area contributed by atoms with Crippen LogP contribution in [0.2, 0.25) is 0 Å². The number of benzene rings is 1. The fourth-order valence-corrected chi connectivity index (χ4v) is 3.29. The molecule has 0 bridgehead atoms. The molecule has 1 aromatic heterocycles. The largest absolute Gasteiger partial charge is 0.325 e. The van der Waals surface area contributed by atoms with Crippen LogP contribution in [-0.2, 0) is 6.42 Å². The van der Waals surface area contributed by atoms with Crippen LogP contribution in [-0.4, -0.2) is 22.6 Å². The standard InChI is InChI=1S/C17H25N3/c1-4-13-5-6-16-15(11-13)19-17(20(16)12(2)3)14-7-9-18-10-8-14/h5-6,11-12,14,18H,4,7-10H2,1-3H3. The van der Waals surface area contributed by atoms with Gasteiger partial charge in [0.2, 0.25) is 0 Å². The van der Waals surface area contributed by atoms with Gasteiger partial charge in [-0.15, -0.1) is 0 Å². The van der Waals surface area contributed by atoms with Gasteiger partial charge in [0.05, 0.1) is 11.0 Å². The fourth-order valence-electron chi connectivity index (χ4n) is 3.29. The molecule has 1 aliphatic heterocycles. The van der Waals surface area contributed by atoms with E-state index in [1.54, 1.807) is 0 Å². The van der Waals surface area contributed by atoms with Crippen LogP contribution in [0.1, 0.15) is 57.0 Å². The average molecular weight is 271 g/mol. The maximum atomic E-state index is 5.00. The minimum Gasteiger partial charge on any atom is -0.325 e. The van der Waals surface area contributed by atoms with Crippen LogP contribution >= 0.6 is 0 Å². The Hall–Kier alpha value is -1.35. The first kappa shape index (κ1) is 13.6. The number of rotatable bonds is 3. The molecule has 2 aromatic rings.